The number of rotatable bonds is 6. The molecule has 1 fully saturated rings. The van der Waals surface area contributed by atoms with Crippen LogP contribution in [0.15, 0.2) is 24.3 Å². The Balaban J connectivity index is 2.00. The van der Waals surface area contributed by atoms with E-state index in [1.165, 1.54) is 18.5 Å². The van der Waals surface area contributed by atoms with Gasteiger partial charge in [0.25, 0.3) is 5.91 Å². The Hall–Kier alpha value is -2.23. The van der Waals surface area contributed by atoms with Crippen LogP contribution in [0.2, 0.25) is 0 Å². The topological polar surface area (TPSA) is 51.3 Å². The molecule has 0 bridgehead atoms. The molecule has 0 unspecified atom stereocenters. The number of carbonyl (C=O) groups excluding carboxylic acids is 1. The van der Waals surface area contributed by atoms with Gasteiger partial charge in [-0.25, -0.2) is 0 Å². The van der Waals surface area contributed by atoms with Crippen LogP contribution in [0, 0.1) is 19.8 Å². The predicted molar refractivity (Wildman–Crippen MR) is 109 cm³/mol. The van der Waals surface area contributed by atoms with Gasteiger partial charge in [-0.15, -0.1) is 0 Å². The maximum atomic E-state index is 12.2. The molecule has 2 aromatic rings. The highest BCUT2D eigenvalue weighted by Gasteiger charge is 2.23. The molecule has 1 aromatic heterocycles. The highest BCUT2D eigenvalue weighted by atomic mass is 16.1. The summed E-state index contributed by atoms with van der Waals surface area (Å²) in [5, 5.41) is 0. The van der Waals surface area contributed by atoms with E-state index in [9.17, 15) is 4.79 Å². The molecule has 26 heavy (non-hydrogen) atoms. The highest BCUT2D eigenvalue weighted by Crippen LogP contribution is 2.34. The smallest absolute Gasteiger partial charge is 0.251 e. The number of nitrogens with zero attached hydrogens (tertiary/aromatic N) is 2. The van der Waals surface area contributed by atoms with E-state index in [-0.39, 0.29) is 5.91 Å². The minimum Gasteiger partial charge on any atom is -0.372 e. The SMILES string of the molecule is Cc1c(C(N)=O)c(-c2ccc(N3CCCC3)cc2)c(C)n1CCC(C)C. The summed E-state index contributed by atoms with van der Waals surface area (Å²) in [6, 6.07) is 8.61. The number of carbonyl (C=O) groups is 1. The van der Waals surface area contributed by atoms with Gasteiger partial charge in [-0.3, -0.25) is 4.79 Å². The second-order valence-corrected chi connectivity index (χ2v) is 7.86. The third-order valence-corrected chi connectivity index (χ3v) is 5.59. The molecule has 3 rings (SSSR count). The summed E-state index contributed by atoms with van der Waals surface area (Å²) in [5.74, 6) is 0.281. The maximum Gasteiger partial charge on any atom is 0.251 e. The van der Waals surface area contributed by atoms with E-state index in [2.05, 4.69) is 54.5 Å². The van der Waals surface area contributed by atoms with Crippen molar-refractivity contribution in [2.45, 2.75) is 53.5 Å². The molecule has 0 saturated carbocycles. The fourth-order valence-electron chi connectivity index (χ4n) is 4.07. The normalized spacial score (nSPS) is 14.4. The van der Waals surface area contributed by atoms with Crippen molar-refractivity contribution in [2.24, 2.45) is 11.7 Å². The van der Waals surface area contributed by atoms with E-state index in [4.69, 9.17) is 5.73 Å². The van der Waals surface area contributed by atoms with Gasteiger partial charge in [-0.1, -0.05) is 26.0 Å². The number of nitrogens with two attached hydrogens (primary N) is 1. The lowest BCUT2D eigenvalue weighted by Gasteiger charge is -2.18. The molecular weight excluding hydrogens is 322 g/mol. The van der Waals surface area contributed by atoms with Gasteiger partial charge in [0.05, 0.1) is 5.56 Å². The van der Waals surface area contributed by atoms with Gasteiger partial charge >= 0.3 is 0 Å². The third kappa shape index (κ3) is 3.50. The second kappa shape index (κ2) is 7.56. The summed E-state index contributed by atoms with van der Waals surface area (Å²) in [5.41, 5.74) is 11.9. The third-order valence-electron chi connectivity index (χ3n) is 5.59. The average Bonchev–Trinajstić information content (AvgIpc) is 3.20. The van der Waals surface area contributed by atoms with Crippen LogP contribution in [0.4, 0.5) is 5.69 Å². The van der Waals surface area contributed by atoms with Crippen molar-refractivity contribution in [3.63, 3.8) is 0 Å². The van der Waals surface area contributed by atoms with Crippen molar-refractivity contribution in [1.82, 2.24) is 4.57 Å². The van der Waals surface area contributed by atoms with Gasteiger partial charge < -0.3 is 15.2 Å². The van der Waals surface area contributed by atoms with Crippen molar-refractivity contribution < 1.29 is 4.79 Å². The Bertz CT molecular complexity index is 781. The van der Waals surface area contributed by atoms with Crippen molar-refractivity contribution >= 4 is 11.6 Å². The van der Waals surface area contributed by atoms with Crippen molar-refractivity contribution in [2.75, 3.05) is 18.0 Å². The summed E-state index contributed by atoms with van der Waals surface area (Å²) in [4.78, 5) is 14.6. The van der Waals surface area contributed by atoms with Crippen LogP contribution in [0.1, 0.15) is 54.9 Å². The van der Waals surface area contributed by atoms with Crippen LogP contribution in [0.5, 0.6) is 0 Å². The Morgan fingerprint density at radius 1 is 1.08 bits per heavy atom. The van der Waals surface area contributed by atoms with Crippen molar-refractivity contribution in [3.05, 3.63) is 41.2 Å². The lowest BCUT2D eigenvalue weighted by Crippen LogP contribution is -2.17. The predicted octanol–water partition coefficient (Wildman–Crippen LogP) is 4.52. The molecule has 0 atom stereocenters. The van der Waals surface area contributed by atoms with Gasteiger partial charge in [-0.05, 0) is 56.7 Å². The minimum atomic E-state index is -0.340. The number of anilines is 1. The average molecular weight is 354 g/mol. The molecule has 1 amide bonds. The molecule has 1 aromatic carbocycles. The monoisotopic (exact) mass is 353 g/mol. The number of hydrogen-bond donors (Lipinski definition) is 1. The largest absolute Gasteiger partial charge is 0.372 e. The molecule has 1 aliphatic rings. The summed E-state index contributed by atoms with van der Waals surface area (Å²) < 4.78 is 2.25. The van der Waals surface area contributed by atoms with E-state index in [0.29, 0.717) is 11.5 Å². The molecule has 0 radical (unpaired) electrons. The summed E-state index contributed by atoms with van der Waals surface area (Å²) in [6.07, 6.45) is 3.62. The molecule has 4 heteroatoms. The summed E-state index contributed by atoms with van der Waals surface area (Å²) in [6.45, 7) is 11.7. The number of benzene rings is 1. The van der Waals surface area contributed by atoms with Crippen LogP contribution in [-0.2, 0) is 6.54 Å². The Morgan fingerprint density at radius 3 is 2.23 bits per heavy atom. The van der Waals surface area contributed by atoms with Crippen LogP contribution in [-0.4, -0.2) is 23.6 Å². The van der Waals surface area contributed by atoms with Crippen LogP contribution in [0.25, 0.3) is 11.1 Å². The fraction of sp³-hybridized carbons (Fsp3) is 0.500. The van der Waals surface area contributed by atoms with E-state index in [1.54, 1.807) is 0 Å². The zero-order chi connectivity index (χ0) is 18.8. The first kappa shape index (κ1) is 18.6. The lowest BCUT2D eigenvalue weighted by atomic mass is 9.99. The molecule has 1 aliphatic heterocycles. The molecular formula is C22H31N3O. The first-order chi connectivity index (χ1) is 12.4. The van der Waals surface area contributed by atoms with Gasteiger partial charge in [0.2, 0.25) is 0 Å². The van der Waals surface area contributed by atoms with Gasteiger partial charge in [0.1, 0.15) is 0 Å². The van der Waals surface area contributed by atoms with Gasteiger partial charge in [-0.2, -0.15) is 0 Å². The number of hydrogen-bond acceptors (Lipinski definition) is 2. The van der Waals surface area contributed by atoms with Crippen molar-refractivity contribution in [1.29, 1.82) is 0 Å². The summed E-state index contributed by atoms with van der Waals surface area (Å²) in [7, 11) is 0. The molecule has 1 saturated heterocycles. The number of aromatic nitrogens is 1. The fourth-order valence-corrected chi connectivity index (χ4v) is 4.07. The Labute approximate surface area is 157 Å². The molecule has 2 N–H and O–H groups in total. The van der Waals surface area contributed by atoms with E-state index >= 15 is 0 Å². The van der Waals surface area contributed by atoms with Crippen LogP contribution in [0.3, 0.4) is 0 Å². The van der Waals surface area contributed by atoms with Crippen LogP contribution < -0.4 is 10.6 Å². The van der Waals surface area contributed by atoms with Crippen molar-refractivity contribution in [3.8, 4) is 11.1 Å². The van der Waals surface area contributed by atoms with Crippen LogP contribution >= 0.6 is 0 Å². The molecule has 140 valence electrons. The molecule has 2 heterocycles. The number of primary amides is 1. The Kier molecular flexibility index (Phi) is 5.40. The zero-order valence-corrected chi connectivity index (χ0v) is 16.5. The second-order valence-electron chi connectivity index (χ2n) is 7.86. The lowest BCUT2D eigenvalue weighted by molar-refractivity contribution is 0.1000. The Morgan fingerprint density at radius 2 is 1.69 bits per heavy atom. The number of amides is 1. The van der Waals surface area contributed by atoms with E-state index < -0.39 is 0 Å². The van der Waals surface area contributed by atoms with E-state index in [0.717, 1.165) is 48.6 Å². The first-order valence-electron chi connectivity index (χ1n) is 9.75. The van der Waals surface area contributed by atoms with Gasteiger partial charge in [0.15, 0.2) is 0 Å². The minimum absolute atomic E-state index is 0.340. The summed E-state index contributed by atoms with van der Waals surface area (Å²) >= 11 is 0. The maximum absolute atomic E-state index is 12.2. The first-order valence-corrected chi connectivity index (χ1v) is 9.75. The van der Waals surface area contributed by atoms with E-state index in [1.807, 2.05) is 6.92 Å². The zero-order valence-electron chi connectivity index (χ0n) is 16.5. The van der Waals surface area contributed by atoms with Gasteiger partial charge in [0, 0.05) is 42.3 Å². The molecule has 4 nitrogen and oxygen atoms in total. The highest BCUT2D eigenvalue weighted by molar-refractivity contribution is 6.02. The molecule has 0 aliphatic carbocycles. The quantitative estimate of drug-likeness (QED) is 0.830. The standard InChI is InChI=1S/C22H31N3O/c1-15(2)11-14-25-16(3)20(21(17(25)4)22(23)26)18-7-9-19(10-8-18)24-12-5-6-13-24/h7-10,15H,5-6,11-14H2,1-4H3,(H2,23,26). The molecule has 0 spiro atoms.